The maximum absolute atomic E-state index is 14.6. The summed E-state index contributed by atoms with van der Waals surface area (Å²) in [5.74, 6) is -3.01. The minimum Gasteiger partial charge on any atom is -0.457 e. The molecular weight excluding hydrogens is 381 g/mol. The van der Waals surface area contributed by atoms with Crippen molar-refractivity contribution in [1.82, 2.24) is 0 Å². The van der Waals surface area contributed by atoms with Gasteiger partial charge in [0.2, 0.25) is 14.8 Å². The Labute approximate surface area is 145 Å². The van der Waals surface area contributed by atoms with Crippen LogP contribution >= 0.6 is 0 Å². The zero-order valence-electron chi connectivity index (χ0n) is 13.1. The van der Waals surface area contributed by atoms with E-state index in [1.807, 2.05) is 0 Å². The number of rotatable bonds is 3. The van der Waals surface area contributed by atoms with Crippen molar-refractivity contribution < 1.29 is 35.1 Å². The van der Waals surface area contributed by atoms with Crippen LogP contribution in [-0.4, -0.2) is 13.4 Å². The van der Waals surface area contributed by atoms with E-state index in [2.05, 4.69) is 0 Å². The molecule has 2 atom stereocenters. The van der Waals surface area contributed by atoms with E-state index in [0.717, 1.165) is 24.3 Å². The number of hydrogen-bond donors (Lipinski definition) is 1. The van der Waals surface area contributed by atoms with Gasteiger partial charge in [-0.1, -0.05) is 0 Å². The van der Waals surface area contributed by atoms with Crippen LogP contribution in [0.1, 0.15) is 30.5 Å². The first-order chi connectivity index (χ1) is 12.0. The van der Waals surface area contributed by atoms with Gasteiger partial charge in [0.25, 0.3) is 6.43 Å². The maximum Gasteiger partial charge on any atom is 0.267 e. The molecule has 0 aromatic heterocycles. The molecule has 2 aromatic rings. The molecule has 0 bridgehead atoms. The zero-order chi connectivity index (χ0) is 19.4. The van der Waals surface area contributed by atoms with Crippen LogP contribution in [0.25, 0.3) is 0 Å². The van der Waals surface area contributed by atoms with Crippen molar-refractivity contribution >= 4 is 9.84 Å². The largest absolute Gasteiger partial charge is 0.457 e. The summed E-state index contributed by atoms with van der Waals surface area (Å²) in [6.07, 6.45) is -3.27. The fourth-order valence-electron chi connectivity index (χ4n) is 2.82. The lowest BCUT2D eigenvalue weighted by molar-refractivity contribution is 0.144. The van der Waals surface area contributed by atoms with Crippen molar-refractivity contribution in [3.63, 3.8) is 0 Å². The second kappa shape index (κ2) is 5.92. The Kier molecular flexibility index (Phi) is 4.23. The van der Waals surface area contributed by atoms with Crippen molar-refractivity contribution in [3.8, 4) is 11.5 Å². The van der Waals surface area contributed by atoms with Crippen LogP contribution in [0.5, 0.6) is 11.5 Å². The molecule has 2 aromatic carbocycles. The van der Waals surface area contributed by atoms with E-state index < -0.39 is 66.5 Å². The van der Waals surface area contributed by atoms with Gasteiger partial charge in [-0.05, 0) is 19.1 Å². The Morgan fingerprint density at radius 2 is 1.73 bits per heavy atom. The molecule has 3 rings (SSSR count). The highest BCUT2D eigenvalue weighted by Gasteiger charge is 2.56. The lowest BCUT2D eigenvalue weighted by Gasteiger charge is -2.19. The molecule has 0 aliphatic carbocycles. The van der Waals surface area contributed by atoms with E-state index >= 15 is 0 Å². The Balaban J connectivity index is 2.20. The standard InChI is InChI=1S/C16H12F5NO3S/c1-16(21)14(22)13-11(26(16,23)24)3-2-10(12(13)15(19)20)25-9-5-7(17)4-8(18)6-9/h2-6,14-15H,22H2,1H3/t14-,16?/m1/s1. The fourth-order valence-corrected chi connectivity index (χ4v) is 4.48. The first-order valence-electron chi connectivity index (χ1n) is 7.25. The normalized spacial score (nSPS) is 23.9. The highest BCUT2D eigenvalue weighted by molar-refractivity contribution is 7.93. The predicted octanol–water partition coefficient (Wildman–Crippen LogP) is 4.17. The Morgan fingerprint density at radius 1 is 1.15 bits per heavy atom. The number of halogens is 5. The molecule has 1 aliphatic rings. The summed E-state index contributed by atoms with van der Waals surface area (Å²) >= 11 is 0. The Bertz CT molecular complexity index is 971. The number of alkyl halides is 3. The third-order valence-electron chi connectivity index (χ3n) is 4.17. The molecule has 1 heterocycles. The molecule has 140 valence electrons. The summed E-state index contributed by atoms with van der Waals surface area (Å²) in [6, 6.07) is 1.93. The molecule has 2 N–H and O–H groups in total. The molecule has 1 aliphatic heterocycles. The molecule has 0 saturated heterocycles. The van der Waals surface area contributed by atoms with Gasteiger partial charge in [-0.15, -0.1) is 0 Å². The van der Waals surface area contributed by atoms with E-state index in [4.69, 9.17) is 10.5 Å². The first-order valence-corrected chi connectivity index (χ1v) is 8.73. The highest BCUT2D eigenvalue weighted by Crippen LogP contribution is 2.52. The molecule has 0 amide bonds. The van der Waals surface area contributed by atoms with Crippen LogP contribution in [0.2, 0.25) is 0 Å². The summed E-state index contributed by atoms with van der Waals surface area (Å²) < 4.78 is 97.9. The first kappa shape index (κ1) is 18.6. The number of benzene rings is 2. The monoisotopic (exact) mass is 393 g/mol. The quantitative estimate of drug-likeness (QED) is 0.795. The van der Waals surface area contributed by atoms with Gasteiger partial charge >= 0.3 is 0 Å². The summed E-state index contributed by atoms with van der Waals surface area (Å²) in [5.41, 5.74) is 4.03. The number of sulfone groups is 1. The third kappa shape index (κ3) is 2.64. The minimum absolute atomic E-state index is 0.429. The van der Waals surface area contributed by atoms with Crippen molar-refractivity contribution in [1.29, 1.82) is 0 Å². The van der Waals surface area contributed by atoms with E-state index in [1.54, 1.807) is 0 Å². The van der Waals surface area contributed by atoms with E-state index in [-0.39, 0.29) is 0 Å². The maximum atomic E-state index is 14.6. The lowest BCUT2D eigenvalue weighted by Crippen LogP contribution is -2.35. The van der Waals surface area contributed by atoms with Gasteiger partial charge in [0.15, 0.2) is 0 Å². The molecule has 1 unspecified atom stereocenters. The van der Waals surface area contributed by atoms with Crippen LogP contribution in [0.3, 0.4) is 0 Å². The minimum atomic E-state index is -4.59. The molecule has 10 heteroatoms. The average Bonchev–Trinajstić information content (AvgIpc) is 2.64. The summed E-state index contributed by atoms with van der Waals surface area (Å²) in [6.45, 7) is 0.685. The number of ether oxygens (including phenoxy) is 1. The van der Waals surface area contributed by atoms with Crippen molar-refractivity contribution in [2.45, 2.75) is 29.3 Å². The Morgan fingerprint density at radius 3 is 2.27 bits per heavy atom. The lowest BCUT2D eigenvalue weighted by atomic mass is 9.97. The molecule has 4 nitrogen and oxygen atoms in total. The molecule has 26 heavy (non-hydrogen) atoms. The molecule has 0 radical (unpaired) electrons. The van der Waals surface area contributed by atoms with Gasteiger partial charge in [0.05, 0.1) is 16.5 Å². The van der Waals surface area contributed by atoms with E-state index in [0.29, 0.717) is 13.0 Å². The van der Waals surface area contributed by atoms with Crippen LogP contribution in [0, 0.1) is 11.6 Å². The SMILES string of the molecule is CC1(F)[C@H](N)c2c(ccc(Oc3cc(F)cc(F)c3)c2C(F)F)S1(=O)=O. The smallest absolute Gasteiger partial charge is 0.267 e. The van der Waals surface area contributed by atoms with Crippen molar-refractivity contribution in [2.75, 3.05) is 0 Å². The van der Waals surface area contributed by atoms with Crippen LogP contribution < -0.4 is 10.5 Å². The van der Waals surface area contributed by atoms with Gasteiger partial charge in [-0.2, -0.15) is 0 Å². The Hall–Kier alpha value is -2.20. The molecule has 0 spiro atoms. The second-order valence-electron chi connectivity index (χ2n) is 5.86. The molecule has 0 fully saturated rings. The molecule has 0 saturated carbocycles. The van der Waals surface area contributed by atoms with Gasteiger partial charge < -0.3 is 10.5 Å². The van der Waals surface area contributed by atoms with Crippen LogP contribution in [-0.2, 0) is 9.84 Å². The topological polar surface area (TPSA) is 69.4 Å². The van der Waals surface area contributed by atoms with Crippen molar-refractivity contribution in [2.24, 2.45) is 5.73 Å². The summed E-state index contributed by atoms with van der Waals surface area (Å²) in [5, 5.41) is -2.98. The van der Waals surface area contributed by atoms with E-state index in [1.165, 1.54) is 0 Å². The van der Waals surface area contributed by atoms with Crippen molar-refractivity contribution in [3.05, 3.63) is 53.1 Å². The summed E-state index contributed by atoms with van der Waals surface area (Å²) in [7, 11) is -4.59. The van der Waals surface area contributed by atoms with Crippen LogP contribution in [0.15, 0.2) is 35.2 Å². The third-order valence-corrected chi connectivity index (χ3v) is 6.41. The number of nitrogens with two attached hydrogens (primary N) is 1. The number of hydrogen-bond acceptors (Lipinski definition) is 4. The predicted molar refractivity (Wildman–Crippen MR) is 81.5 cm³/mol. The van der Waals surface area contributed by atoms with Gasteiger partial charge in [-0.25, -0.2) is 30.4 Å². The van der Waals surface area contributed by atoms with E-state index in [9.17, 15) is 30.4 Å². The van der Waals surface area contributed by atoms with Gasteiger partial charge in [0, 0.05) is 23.8 Å². The average molecular weight is 393 g/mol. The second-order valence-corrected chi connectivity index (χ2v) is 8.11. The summed E-state index contributed by atoms with van der Waals surface area (Å²) in [4.78, 5) is -0.664. The zero-order valence-corrected chi connectivity index (χ0v) is 14.0. The molecular formula is C16H12F5NO3S. The van der Waals surface area contributed by atoms with Gasteiger partial charge in [-0.3, -0.25) is 0 Å². The number of fused-ring (bicyclic) bond motifs is 1. The van der Waals surface area contributed by atoms with Gasteiger partial charge in [0.1, 0.15) is 23.1 Å². The fraction of sp³-hybridized carbons (Fsp3) is 0.250. The highest BCUT2D eigenvalue weighted by atomic mass is 32.2. The van der Waals surface area contributed by atoms with Crippen LogP contribution in [0.4, 0.5) is 22.0 Å².